The summed E-state index contributed by atoms with van der Waals surface area (Å²) in [6.07, 6.45) is 9.34. The Morgan fingerprint density at radius 3 is 0.908 bits per heavy atom. The molecule has 15 nitrogen and oxygen atoms in total. The molecule has 0 spiro atoms. The molecule has 0 saturated heterocycles. The van der Waals surface area contributed by atoms with E-state index in [9.17, 15) is 0 Å². The van der Waals surface area contributed by atoms with Gasteiger partial charge in [0.05, 0.1) is 54.1 Å². The van der Waals surface area contributed by atoms with Gasteiger partial charge in [-0.3, -0.25) is 0 Å². The molecule has 0 aliphatic rings. The monoisotopic (exact) mass is 2490 g/mol. The zero-order valence-corrected chi connectivity index (χ0v) is 85.4. The summed E-state index contributed by atoms with van der Waals surface area (Å²) < 4.78 is 59.3. The maximum absolute atomic E-state index is 6.10. The molecule has 119 heavy (non-hydrogen) atoms. The van der Waals surface area contributed by atoms with Crippen LogP contribution in [0.25, 0.3) is 56.3 Å². The molecule has 5 radical (unpaired) electrons. The van der Waals surface area contributed by atoms with E-state index in [0.29, 0.717) is 12.4 Å². The van der Waals surface area contributed by atoms with Crippen LogP contribution in [0.4, 0.5) is 0 Å². The minimum atomic E-state index is -0.267. The molecular weight excluding hydrogens is 2370 g/mol. The van der Waals surface area contributed by atoms with Crippen LogP contribution in [0.5, 0.6) is 69.0 Å². The third-order valence-corrected chi connectivity index (χ3v) is 16.0. The molecule has 0 amide bonds. The van der Waals surface area contributed by atoms with Crippen LogP contribution in [-0.4, -0.2) is 73.2 Å². The molecule has 633 valence electrons. The van der Waals surface area contributed by atoms with Crippen molar-refractivity contribution in [3.8, 4) is 125 Å². The van der Waals surface area contributed by atoms with Gasteiger partial charge in [-0.2, -0.15) is 0 Å². The average Bonchev–Trinajstić information content (AvgIpc) is 0.810. The van der Waals surface area contributed by atoms with Gasteiger partial charge in [0.2, 0.25) is 0 Å². The molecule has 0 fully saturated rings. The largest absolute Gasteiger partial charge is 1.00 e. The predicted octanol–water partition coefficient (Wildman–Crippen LogP) is 25.2. The van der Waals surface area contributed by atoms with Gasteiger partial charge in [-0.05, 0) is 235 Å². The van der Waals surface area contributed by atoms with E-state index in [-0.39, 0.29) is 141 Å². The Balaban J connectivity index is 0.000000381. The SMILES string of the molecule is CCOc1c[c-]c(-c2cc(C)ccn2)c(OC(C)C)c1.Cc1ccnc(-c2[c-]cc(OC(C)(C)C)c(C)c2OC(C)C)c1.Cc1ccnc(-c2[c-]cc(OC(C)(C)C)cc2OC(C)C)c1.Cc1ccnc(-c2[c-]cc(Oc3ccccc3)c(C)c2OC(C)C)c1.Cc1ccnc(-c2[c-]cc(Oc3ccccc3)cc2OC(C)C)c1.[Os+].[Os+].[Os+].[Os+].[Os+]. The second-order valence-corrected chi connectivity index (χ2v) is 30.8. The fourth-order valence-electron chi connectivity index (χ4n) is 11.2. The minimum Gasteiger partial charge on any atom is -0.537 e. The van der Waals surface area contributed by atoms with Crippen LogP contribution in [0.15, 0.2) is 201 Å². The van der Waals surface area contributed by atoms with E-state index in [4.69, 9.17) is 47.4 Å². The van der Waals surface area contributed by atoms with E-state index in [2.05, 4.69) is 62.2 Å². The van der Waals surface area contributed by atoms with Crippen molar-refractivity contribution in [3.63, 3.8) is 0 Å². The van der Waals surface area contributed by atoms with Gasteiger partial charge in [0.1, 0.15) is 11.5 Å². The van der Waals surface area contributed by atoms with E-state index < -0.39 is 0 Å². The molecule has 7 aromatic carbocycles. The maximum atomic E-state index is 6.10. The van der Waals surface area contributed by atoms with Crippen LogP contribution in [0, 0.1) is 78.8 Å². The average molecular weight is 2480 g/mol. The Bertz CT molecular complexity index is 5060. The summed E-state index contributed by atoms with van der Waals surface area (Å²) in [5.41, 5.74) is 15.7. The maximum Gasteiger partial charge on any atom is 1.00 e. The van der Waals surface area contributed by atoms with Crippen molar-refractivity contribution in [2.45, 2.75) is 208 Å². The van der Waals surface area contributed by atoms with Gasteiger partial charge in [-0.15, -0.1) is 60.7 Å². The zero-order chi connectivity index (χ0) is 82.8. The number of rotatable bonds is 23. The summed E-state index contributed by atoms with van der Waals surface area (Å²) in [7, 11) is 0. The molecular formula is C99H112N5O10Os5. The summed E-state index contributed by atoms with van der Waals surface area (Å²) >= 11 is 0. The number of nitrogens with zero attached hydrogens (tertiary/aromatic N) is 5. The topological polar surface area (TPSA) is 157 Å². The summed E-state index contributed by atoms with van der Waals surface area (Å²) in [6, 6.07) is 70.7. The smallest absolute Gasteiger partial charge is 0.537 e. The number of hydrogen-bond donors (Lipinski definition) is 0. The second-order valence-electron chi connectivity index (χ2n) is 30.8. The molecule has 0 N–H and O–H groups in total. The van der Waals surface area contributed by atoms with Crippen LogP contribution in [0.3, 0.4) is 0 Å². The van der Waals surface area contributed by atoms with Crippen LogP contribution in [0.2, 0.25) is 0 Å². The Kier molecular flexibility index (Phi) is 44.5. The first-order chi connectivity index (χ1) is 54.2. The summed E-state index contributed by atoms with van der Waals surface area (Å²) in [6.45, 7) is 49.1. The van der Waals surface area contributed by atoms with Crippen LogP contribution < -0.4 is 47.4 Å². The van der Waals surface area contributed by atoms with Crippen molar-refractivity contribution in [3.05, 3.63) is 270 Å². The first-order valence-electron chi connectivity index (χ1n) is 38.9. The summed E-state index contributed by atoms with van der Waals surface area (Å²) in [4.78, 5) is 22.2. The number of aromatic nitrogens is 5. The van der Waals surface area contributed by atoms with Crippen molar-refractivity contribution in [1.82, 2.24) is 24.9 Å². The van der Waals surface area contributed by atoms with E-state index >= 15 is 0 Å². The second kappa shape index (κ2) is 50.6. The van der Waals surface area contributed by atoms with Crippen molar-refractivity contribution in [1.29, 1.82) is 0 Å². The number of pyridine rings is 5. The van der Waals surface area contributed by atoms with E-state index in [0.717, 1.165) is 158 Å². The molecule has 0 saturated carbocycles. The van der Waals surface area contributed by atoms with Crippen molar-refractivity contribution in [2.75, 3.05) is 6.61 Å². The van der Waals surface area contributed by atoms with Gasteiger partial charge in [0.15, 0.2) is 0 Å². The van der Waals surface area contributed by atoms with Crippen LogP contribution in [-0.2, 0) is 99.0 Å². The number of aryl methyl sites for hydroxylation is 5. The van der Waals surface area contributed by atoms with Gasteiger partial charge >= 0.3 is 99.0 Å². The summed E-state index contributed by atoms with van der Waals surface area (Å²) in [5.74, 6) is 9.07. The van der Waals surface area contributed by atoms with Gasteiger partial charge in [0, 0.05) is 82.7 Å². The molecule has 0 atom stereocenters. The fourth-order valence-corrected chi connectivity index (χ4v) is 11.2. The normalized spacial score (nSPS) is 10.6. The standard InChI is InChI=1S/C22H22NO2.C21H20NO2.C20H26NO2.C19H24NO2.C17H20NO2.5Os/c1-15(2)24-22-17(4)21(25-18-8-6-5-7-9-18)11-10-19(22)20-14-16(3)12-13-23-20;1-15(2)23-21-14-18(24-17-7-5-4-6-8-17)9-10-19(21)20-13-16(3)11-12-22-20;1-13(2)22-19-15(4)18(23-20(5,6)7)9-8-16(19)17-12-14(3)10-11-21-17;1-13(2)21-18-12-15(22-19(4,5)6)7-8-16(18)17-11-14(3)9-10-20-17;1-5-19-14-6-7-15(17(11-14)20-12(2)3)16-10-13(4)8-9-18-16;;;;;/h5-9,11-15H,1-4H3;4-9,11-15H,1-3H3;9-13H,1-7H3;7,9-13H,1-6H3;6,8-12H,5H2,1-4H3;;;;;/q5*-1;5*+1. The van der Waals surface area contributed by atoms with Crippen LogP contribution in [0.1, 0.15) is 157 Å². The molecule has 5 aromatic heterocycles. The fraction of sp³-hybridized carbons (Fsp3) is 0.323. The van der Waals surface area contributed by atoms with E-state index in [1.54, 1.807) is 24.8 Å². The third kappa shape index (κ3) is 34.5. The molecule has 12 rings (SSSR count). The van der Waals surface area contributed by atoms with Gasteiger partial charge in [-0.25, -0.2) is 0 Å². The number of ether oxygens (including phenoxy) is 10. The molecule has 0 unspecified atom stereocenters. The molecule has 12 aromatic rings. The van der Waals surface area contributed by atoms with Gasteiger partial charge < -0.3 is 72.3 Å². The predicted molar refractivity (Wildman–Crippen MR) is 459 cm³/mol. The molecule has 20 heteroatoms. The minimum absolute atomic E-state index is 0. The first kappa shape index (κ1) is 105. The third-order valence-electron chi connectivity index (χ3n) is 16.0. The van der Waals surface area contributed by atoms with Gasteiger partial charge in [-0.1, -0.05) is 166 Å². The molecule has 0 bridgehead atoms. The quantitative estimate of drug-likeness (QED) is 0.0557. The molecule has 5 heterocycles. The van der Waals surface area contributed by atoms with Crippen molar-refractivity contribution < 1.29 is 146 Å². The molecule has 0 aliphatic heterocycles. The van der Waals surface area contributed by atoms with Crippen molar-refractivity contribution >= 4 is 0 Å². The number of hydrogen-bond acceptors (Lipinski definition) is 15. The zero-order valence-electron chi connectivity index (χ0n) is 72.7. The van der Waals surface area contributed by atoms with Gasteiger partial charge in [0.25, 0.3) is 0 Å². The van der Waals surface area contributed by atoms with E-state index in [1.807, 2.05) is 335 Å². The van der Waals surface area contributed by atoms with E-state index in [1.165, 1.54) is 0 Å². The first-order valence-corrected chi connectivity index (χ1v) is 38.9. The summed E-state index contributed by atoms with van der Waals surface area (Å²) in [5, 5.41) is 0. The van der Waals surface area contributed by atoms with Crippen molar-refractivity contribution in [2.24, 2.45) is 0 Å². The Morgan fingerprint density at radius 2 is 0.580 bits per heavy atom. The number of para-hydroxylation sites is 2. The van der Waals surface area contributed by atoms with Crippen LogP contribution >= 0.6 is 0 Å². The Hall–Kier alpha value is -8.53. The Morgan fingerprint density at radius 1 is 0.294 bits per heavy atom. The molecule has 0 aliphatic carbocycles. The number of benzene rings is 7. The Labute approximate surface area is 774 Å².